The molecule has 1 aromatic heterocycles. The number of aromatic nitrogens is 2. The van der Waals surface area contributed by atoms with Crippen LogP contribution in [0.25, 0.3) is 11.0 Å². The van der Waals surface area contributed by atoms with Gasteiger partial charge in [0.25, 0.3) is 0 Å². The highest BCUT2D eigenvalue weighted by Gasteiger charge is 2.33. The normalized spacial score (nSPS) is 13.8. The van der Waals surface area contributed by atoms with Gasteiger partial charge in [0.15, 0.2) is 11.5 Å². The first kappa shape index (κ1) is 27.3. The Balaban J connectivity index is 1.42. The standard InChI is InChI=1S/C27H20ClF4N5O3/c28-19-7-5-16(14-18(19)27(30,31)32)34-26(39)33-15-6-8-20(29)17(13-15)24(38)23-25(37-9-11-40-12-10-37)36-22-4-2-1-3-21(22)35-23/h1-8,13-14H,9-12H2,(H2,33,34,39). The van der Waals surface area contributed by atoms with Gasteiger partial charge in [-0.2, -0.15) is 13.2 Å². The molecule has 1 fully saturated rings. The molecule has 13 heteroatoms. The molecule has 2 N–H and O–H groups in total. The molecular formula is C27H20ClF4N5O3. The Hall–Kier alpha value is -4.29. The lowest BCUT2D eigenvalue weighted by Crippen LogP contribution is -2.38. The quantitative estimate of drug-likeness (QED) is 0.219. The van der Waals surface area contributed by atoms with Crippen LogP contribution in [0.4, 0.5) is 39.5 Å². The van der Waals surface area contributed by atoms with Crippen LogP contribution in [0.5, 0.6) is 0 Å². The predicted octanol–water partition coefficient (Wildman–Crippen LogP) is 6.15. The van der Waals surface area contributed by atoms with Crippen molar-refractivity contribution in [2.45, 2.75) is 6.18 Å². The number of anilines is 3. The Labute approximate surface area is 229 Å². The summed E-state index contributed by atoms with van der Waals surface area (Å²) < 4.78 is 59.8. The van der Waals surface area contributed by atoms with Gasteiger partial charge in [0.05, 0.1) is 40.4 Å². The van der Waals surface area contributed by atoms with Crippen LogP contribution in [0.2, 0.25) is 5.02 Å². The van der Waals surface area contributed by atoms with Gasteiger partial charge in [-0.15, -0.1) is 0 Å². The molecule has 0 radical (unpaired) electrons. The number of para-hydroxylation sites is 2. The number of carbonyl (C=O) groups excluding carboxylic acids is 2. The zero-order valence-corrected chi connectivity index (χ0v) is 21.3. The molecule has 40 heavy (non-hydrogen) atoms. The number of ether oxygens (including phenoxy) is 1. The van der Waals surface area contributed by atoms with E-state index in [9.17, 15) is 27.2 Å². The van der Waals surface area contributed by atoms with Crippen molar-refractivity contribution < 1.29 is 31.9 Å². The third-order valence-electron chi connectivity index (χ3n) is 6.08. The van der Waals surface area contributed by atoms with Gasteiger partial charge < -0.3 is 20.3 Å². The highest BCUT2D eigenvalue weighted by molar-refractivity contribution is 6.31. The van der Waals surface area contributed by atoms with Crippen LogP contribution in [0.3, 0.4) is 0 Å². The second-order valence-corrected chi connectivity index (χ2v) is 9.19. The molecule has 0 saturated carbocycles. The van der Waals surface area contributed by atoms with Crippen molar-refractivity contribution in [1.82, 2.24) is 9.97 Å². The number of carbonyl (C=O) groups is 2. The summed E-state index contributed by atoms with van der Waals surface area (Å²) in [6.07, 6.45) is -4.72. The van der Waals surface area contributed by atoms with Gasteiger partial charge in [-0.25, -0.2) is 19.2 Å². The summed E-state index contributed by atoms with van der Waals surface area (Å²) in [5.74, 6) is -1.33. The number of rotatable bonds is 5. The van der Waals surface area contributed by atoms with Crippen molar-refractivity contribution >= 4 is 51.6 Å². The van der Waals surface area contributed by atoms with E-state index in [1.54, 1.807) is 24.3 Å². The van der Waals surface area contributed by atoms with Gasteiger partial charge in [-0.1, -0.05) is 23.7 Å². The number of nitrogens with one attached hydrogen (secondary N) is 2. The lowest BCUT2D eigenvalue weighted by Gasteiger charge is -2.29. The fraction of sp³-hybridized carbons (Fsp3) is 0.185. The van der Waals surface area contributed by atoms with Gasteiger partial charge in [-0.05, 0) is 48.5 Å². The minimum atomic E-state index is -4.72. The first-order valence-corrected chi connectivity index (χ1v) is 12.4. The number of ketones is 1. The molecule has 1 saturated heterocycles. The first-order chi connectivity index (χ1) is 19.1. The van der Waals surface area contributed by atoms with Crippen LogP contribution < -0.4 is 15.5 Å². The average molecular weight is 574 g/mol. The second-order valence-electron chi connectivity index (χ2n) is 8.78. The van der Waals surface area contributed by atoms with Crippen molar-refractivity contribution in [2.75, 3.05) is 41.8 Å². The SMILES string of the molecule is O=C(Nc1ccc(F)c(C(=O)c2nc3ccccc3nc2N2CCOCC2)c1)Nc1ccc(Cl)c(C(F)(F)F)c1. The van der Waals surface area contributed by atoms with Gasteiger partial charge in [0.1, 0.15) is 5.82 Å². The lowest BCUT2D eigenvalue weighted by molar-refractivity contribution is -0.137. The maximum atomic E-state index is 14.9. The van der Waals surface area contributed by atoms with E-state index in [0.717, 1.165) is 18.2 Å². The monoisotopic (exact) mass is 573 g/mol. The molecule has 206 valence electrons. The molecule has 0 atom stereocenters. The van der Waals surface area contributed by atoms with E-state index < -0.39 is 34.4 Å². The second kappa shape index (κ2) is 11.1. The summed E-state index contributed by atoms with van der Waals surface area (Å²) in [6.45, 7) is 1.75. The van der Waals surface area contributed by atoms with Crippen LogP contribution in [0.15, 0.2) is 60.7 Å². The predicted molar refractivity (Wildman–Crippen MR) is 141 cm³/mol. The number of alkyl halides is 3. The molecule has 1 aliphatic rings. The topological polar surface area (TPSA) is 96.5 Å². The molecule has 2 amide bonds. The lowest BCUT2D eigenvalue weighted by atomic mass is 10.1. The summed E-state index contributed by atoms with van der Waals surface area (Å²) >= 11 is 5.62. The minimum absolute atomic E-state index is 0.0222. The minimum Gasteiger partial charge on any atom is -0.378 e. The summed E-state index contributed by atoms with van der Waals surface area (Å²) in [4.78, 5) is 37.1. The number of urea groups is 1. The van der Waals surface area contributed by atoms with Crippen LogP contribution in [-0.4, -0.2) is 48.1 Å². The van der Waals surface area contributed by atoms with Crippen LogP contribution >= 0.6 is 11.6 Å². The summed E-state index contributed by atoms with van der Waals surface area (Å²) in [5.41, 5.74) is -0.704. The number of amides is 2. The smallest absolute Gasteiger partial charge is 0.378 e. The Morgan fingerprint density at radius 1 is 0.900 bits per heavy atom. The fourth-order valence-electron chi connectivity index (χ4n) is 4.16. The third-order valence-corrected chi connectivity index (χ3v) is 6.41. The molecule has 1 aliphatic heterocycles. The van der Waals surface area contributed by atoms with Gasteiger partial charge in [-0.3, -0.25) is 4.79 Å². The van der Waals surface area contributed by atoms with Crippen molar-refractivity contribution in [3.8, 4) is 0 Å². The Morgan fingerprint density at radius 3 is 2.20 bits per heavy atom. The van der Waals surface area contributed by atoms with E-state index in [1.165, 1.54) is 12.1 Å². The molecule has 3 aromatic carbocycles. The maximum absolute atomic E-state index is 14.9. The fourth-order valence-corrected chi connectivity index (χ4v) is 4.38. The number of morpholine rings is 1. The first-order valence-electron chi connectivity index (χ1n) is 12.0. The largest absolute Gasteiger partial charge is 0.417 e. The molecule has 0 bridgehead atoms. The van der Waals surface area contributed by atoms with Crippen molar-refractivity contribution in [3.63, 3.8) is 0 Å². The average Bonchev–Trinajstić information content (AvgIpc) is 2.94. The van der Waals surface area contributed by atoms with Crippen molar-refractivity contribution in [2.24, 2.45) is 0 Å². The highest BCUT2D eigenvalue weighted by atomic mass is 35.5. The van der Waals surface area contributed by atoms with E-state index in [-0.39, 0.29) is 28.5 Å². The number of hydrogen-bond acceptors (Lipinski definition) is 6. The highest BCUT2D eigenvalue weighted by Crippen LogP contribution is 2.36. The molecule has 4 aromatic rings. The summed E-state index contributed by atoms with van der Waals surface area (Å²) in [6, 6.07) is 12.3. The Morgan fingerprint density at radius 2 is 1.52 bits per heavy atom. The number of fused-ring (bicyclic) bond motifs is 1. The molecule has 5 rings (SSSR count). The molecule has 8 nitrogen and oxygen atoms in total. The van der Waals surface area contributed by atoms with Crippen LogP contribution in [0, 0.1) is 5.82 Å². The van der Waals surface area contributed by atoms with Gasteiger partial charge in [0.2, 0.25) is 5.78 Å². The zero-order chi connectivity index (χ0) is 28.4. The molecule has 0 spiro atoms. The third kappa shape index (κ3) is 5.82. The van der Waals surface area contributed by atoms with Crippen molar-refractivity contribution in [3.05, 3.63) is 88.3 Å². The molecule has 0 aliphatic carbocycles. The van der Waals surface area contributed by atoms with E-state index in [1.807, 2.05) is 4.90 Å². The van der Waals surface area contributed by atoms with Gasteiger partial charge >= 0.3 is 12.2 Å². The molecule has 0 unspecified atom stereocenters. The summed E-state index contributed by atoms with van der Waals surface area (Å²) in [7, 11) is 0. The van der Waals surface area contributed by atoms with Crippen molar-refractivity contribution in [1.29, 1.82) is 0 Å². The number of hydrogen-bond donors (Lipinski definition) is 2. The molecule has 2 heterocycles. The Kier molecular flexibility index (Phi) is 7.55. The van der Waals surface area contributed by atoms with E-state index >= 15 is 0 Å². The summed E-state index contributed by atoms with van der Waals surface area (Å²) in [5, 5.41) is 4.15. The van der Waals surface area contributed by atoms with E-state index in [4.69, 9.17) is 16.3 Å². The van der Waals surface area contributed by atoms with Crippen LogP contribution in [0.1, 0.15) is 21.6 Å². The molecular weight excluding hydrogens is 554 g/mol. The van der Waals surface area contributed by atoms with Crippen LogP contribution in [-0.2, 0) is 10.9 Å². The number of halogens is 5. The van der Waals surface area contributed by atoms with E-state index in [2.05, 4.69) is 20.6 Å². The Bertz CT molecular complexity index is 1610. The number of benzene rings is 3. The van der Waals surface area contributed by atoms with E-state index in [0.29, 0.717) is 43.4 Å². The number of nitrogens with zero attached hydrogens (tertiary/aromatic N) is 3. The zero-order valence-electron chi connectivity index (χ0n) is 20.6. The van der Waals surface area contributed by atoms with Gasteiger partial charge in [0, 0.05) is 24.5 Å². The maximum Gasteiger partial charge on any atom is 0.417 e.